The maximum atomic E-state index is 12.3. The molecule has 24 heavy (non-hydrogen) atoms. The van der Waals surface area contributed by atoms with Crippen molar-refractivity contribution in [2.75, 3.05) is 5.32 Å². The first-order valence-corrected chi connectivity index (χ1v) is 8.26. The highest BCUT2D eigenvalue weighted by atomic mass is 16.2. The number of benzene rings is 1. The fourth-order valence-corrected chi connectivity index (χ4v) is 2.52. The number of nitrogens with zero attached hydrogens (tertiary/aromatic N) is 4. The first-order valence-electron chi connectivity index (χ1n) is 8.26. The van der Waals surface area contributed by atoms with Gasteiger partial charge >= 0.3 is 0 Å². The van der Waals surface area contributed by atoms with Gasteiger partial charge in [-0.2, -0.15) is 4.98 Å². The lowest BCUT2D eigenvalue weighted by Crippen LogP contribution is -2.14. The molecule has 2 aromatic heterocycles. The van der Waals surface area contributed by atoms with E-state index in [1.165, 1.54) is 24.8 Å². The molecule has 0 radical (unpaired) electrons. The number of nitrogens with one attached hydrogen (secondary N) is 1. The number of fused-ring (bicyclic) bond motifs is 1. The van der Waals surface area contributed by atoms with Crippen molar-refractivity contribution in [2.24, 2.45) is 0 Å². The van der Waals surface area contributed by atoms with Crippen molar-refractivity contribution in [1.29, 1.82) is 0 Å². The molecule has 1 N–H and O–H groups in total. The Bertz CT molecular complexity index is 838. The molecule has 0 unspecified atom stereocenters. The predicted molar refractivity (Wildman–Crippen MR) is 93.1 cm³/mol. The summed E-state index contributed by atoms with van der Waals surface area (Å²) in [5.41, 5.74) is 2.90. The van der Waals surface area contributed by atoms with Crippen molar-refractivity contribution < 1.29 is 4.79 Å². The number of amides is 1. The Hall–Kier alpha value is -2.76. The van der Waals surface area contributed by atoms with Gasteiger partial charge in [-0.1, -0.05) is 31.9 Å². The number of hydrogen-bond acceptors (Lipinski definition) is 4. The normalized spacial score (nSPS) is 10.9. The Morgan fingerprint density at radius 3 is 2.67 bits per heavy atom. The molecular weight excluding hydrogens is 302 g/mol. The van der Waals surface area contributed by atoms with E-state index >= 15 is 0 Å². The number of carbonyl (C=O) groups excluding carboxylic acids is 1. The van der Waals surface area contributed by atoms with Crippen LogP contribution in [0.15, 0.2) is 36.5 Å². The van der Waals surface area contributed by atoms with Crippen LogP contribution in [0.3, 0.4) is 0 Å². The van der Waals surface area contributed by atoms with Gasteiger partial charge in [0.2, 0.25) is 5.82 Å². The van der Waals surface area contributed by atoms with Crippen molar-refractivity contribution in [2.45, 2.75) is 39.5 Å². The SMILES string of the molecule is CCCCCc1ccc(NC(=O)c2nc3nccc(C)n3n2)cc1. The van der Waals surface area contributed by atoms with Gasteiger partial charge in [0.25, 0.3) is 11.7 Å². The fourth-order valence-electron chi connectivity index (χ4n) is 2.52. The van der Waals surface area contributed by atoms with E-state index < -0.39 is 0 Å². The summed E-state index contributed by atoms with van der Waals surface area (Å²) < 4.78 is 1.56. The van der Waals surface area contributed by atoms with Crippen LogP contribution in [0.1, 0.15) is 48.1 Å². The van der Waals surface area contributed by atoms with Crippen LogP contribution >= 0.6 is 0 Å². The predicted octanol–water partition coefficient (Wildman–Crippen LogP) is 3.42. The summed E-state index contributed by atoms with van der Waals surface area (Å²) in [5, 5.41) is 7.03. The van der Waals surface area contributed by atoms with Gasteiger partial charge in [0.1, 0.15) is 0 Å². The summed E-state index contributed by atoms with van der Waals surface area (Å²) in [5.74, 6) is 0.203. The number of rotatable bonds is 6. The van der Waals surface area contributed by atoms with E-state index in [1.807, 2.05) is 37.3 Å². The molecule has 2 heterocycles. The van der Waals surface area contributed by atoms with Gasteiger partial charge in [-0.05, 0) is 43.5 Å². The molecule has 1 amide bonds. The third-order valence-corrected chi connectivity index (χ3v) is 3.91. The molecule has 0 aliphatic rings. The van der Waals surface area contributed by atoms with E-state index in [2.05, 4.69) is 27.3 Å². The Labute approximate surface area is 141 Å². The second-order valence-corrected chi connectivity index (χ2v) is 5.84. The van der Waals surface area contributed by atoms with Crippen LogP contribution in [0.5, 0.6) is 0 Å². The van der Waals surface area contributed by atoms with Crippen LogP contribution in [0, 0.1) is 6.92 Å². The number of carbonyl (C=O) groups is 1. The van der Waals surface area contributed by atoms with Crippen LogP contribution in [0.25, 0.3) is 5.78 Å². The highest BCUT2D eigenvalue weighted by Crippen LogP contribution is 2.13. The van der Waals surface area contributed by atoms with E-state index in [4.69, 9.17) is 0 Å². The number of unbranched alkanes of at least 4 members (excludes halogenated alkanes) is 2. The minimum Gasteiger partial charge on any atom is -0.319 e. The third-order valence-electron chi connectivity index (χ3n) is 3.91. The first kappa shape index (κ1) is 16.1. The molecule has 0 fully saturated rings. The van der Waals surface area contributed by atoms with Crippen LogP contribution < -0.4 is 5.32 Å². The number of aromatic nitrogens is 4. The summed E-state index contributed by atoms with van der Waals surface area (Å²) in [7, 11) is 0. The highest BCUT2D eigenvalue weighted by Gasteiger charge is 2.14. The molecule has 0 aliphatic carbocycles. The molecule has 0 spiro atoms. The lowest BCUT2D eigenvalue weighted by atomic mass is 10.1. The van der Waals surface area contributed by atoms with E-state index in [0.717, 1.165) is 17.8 Å². The number of aryl methyl sites for hydroxylation is 2. The Morgan fingerprint density at radius 2 is 1.96 bits per heavy atom. The van der Waals surface area contributed by atoms with Gasteiger partial charge in [0.05, 0.1) is 0 Å². The zero-order valence-electron chi connectivity index (χ0n) is 14.0. The standard InChI is InChI=1S/C18H21N5O/c1-3-4-5-6-14-7-9-15(10-8-14)20-17(24)16-21-18-19-12-11-13(2)23(18)22-16/h7-12H,3-6H2,1-2H3,(H,20,24). The molecule has 6 heteroatoms. The van der Waals surface area contributed by atoms with Crippen molar-refractivity contribution in [3.8, 4) is 0 Å². The number of hydrogen-bond donors (Lipinski definition) is 1. The van der Waals surface area contributed by atoms with Gasteiger partial charge in [0, 0.05) is 17.6 Å². The van der Waals surface area contributed by atoms with E-state index in [-0.39, 0.29) is 11.7 Å². The molecule has 6 nitrogen and oxygen atoms in total. The van der Waals surface area contributed by atoms with Crippen LogP contribution in [-0.2, 0) is 6.42 Å². The minimum absolute atomic E-state index is 0.115. The summed E-state index contributed by atoms with van der Waals surface area (Å²) in [4.78, 5) is 20.6. The molecule has 0 saturated heterocycles. The third kappa shape index (κ3) is 3.59. The van der Waals surface area contributed by atoms with E-state index in [0.29, 0.717) is 5.78 Å². The summed E-state index contributed by atoms with van der Waals surface area (Å²) in [6.45, 7) is 4.09. The maximum absolute atomic E-state index is 12.3. The number of anilines is 1. The molecule has 0 saturated carbocycles. The van der Waals surface area contributed by atoms with E-state index in [9.17, 15) is 4.79 Å². The van der Waals surface area contributed by atoms with Crippen molar-refractivity contribution in [1.82, 2.24) is 19.6 Å². The average molecular weight is 323 g/mol. The monoisotopic (exact) mass is 323 g/mol. The second kappa shape index (κ2) is 7.21. The van der Waals surface area contributed by atoms with Crippen LogP contribution in [0.4, 0.5) is 5.69 Å². The van der Waals surface area contributed by atoms with Gasteiger partial charge in [0.15, 0.2) is 0 Å². The quantitative estimate of drug-likeness (QED) is 0.706. The fraction of sp³-hybridized carbons (Fsp3) is 0.333. The van der Waals surface area contributed by atoms with Gasteiger partial charge in [-0.15, -0.1) is 5.10 Å². The van der Waals surface area contributed by atoms with Gasteiger partial charge in [-0.25, -0.2) is 9.50 Å². The Balaban J connectivity index is 1.68. The first-order chi connectivity index (χ1) is 11.7. The molecule has 124 valence electrons. The second-order valence-electron chi connectivity index (χ2n) is 5.84. The topological polar surface area (TPSA) is 72.2 Å². The average Bonchev–Trinajstić information content (AvgIpc) is 3.03. The molecule has 3 aromatic rings. The van der Waals surface area contributed by atoms with Gasteiger partial charge in [-0.3, -0.25) is 4.79 Å². The lowest BCUT2D eigenvalue weighted by Gasteiger charge is -2.05. The Kier molecular flexibility index (Phi) is 4.84. The zero-order valence-corrected chi connectivity index (χ0v) is 14.0. The van der Waals surface area contributed by atoms with Crippen molar-refractivity contribution >= 4 is 17.4 Å². The molecule has 0 atom stereocenters. The molecular formula is C18H21N5O. The summed E-state index contributed by atoms with van der Waals surface area (Å²) in [6.07, 6.45) is 6.37. The smallest absolute Gasteiger partial charge is 0.295 e. The van der Waals surface area contributed by atoms with Crippen LogP contribution in [-0.4, -0.2) is 25.5 Å². The van der Waals surface area contributed by atoms with Crippen molar-refractivity contribution in [3.63, 3.8) is 0 Å². The molecule has 0 aliphatic heterocycles. The zero-order chi connectivity index (χ0) is 16.9. The molecule has 1 aromatic carbocycles. The van der Waals surface area contributed by atoms with Gasteiger partial charge < -0.3 is 5.32 Å². The highest BCUT2D eigenvalue weighted by molar-refractivity contribution is 6.01. The summed E-state index contributed by atoms with van der Waals surface area (Å²) >= 11 is 0. The molecule has 0 bridgehead atoms. The largest absolute Gasteiger partial charge is 0.319 e. The minimum atomic E-state index is -0.335. The van der Waals surface area contributed by atoms with Crippen LogP contribution in [0.2, 0.25) is 0 Å². The van der Waals surface area contributed by atoms with Crippen molar-refractivity contribution in [3.05, 3.63) is 53.6 Å². The van der Waals surface area contributed by atoms with E-state index in [1.54, 1.807) is 10.7 Å². The Morgan fingerprint density at radius 1 is 1.17 bits per heavy atom. The summed E-state index contributed by atoms with van der Waals surface area (Å²) in [6, 6.07) is 9.75. The molecule has 3 rings (SSSR count). The maximum Gasteiger partial charge on any atom is 0.295 e. The lowest BCUT2D eigenvalue weighted by molar-refractivity contribution is 0.101.